The lowest BCUT2D eigenvalue weighted by atomic mass is 10.1. The molecule has 0 saturated carbocycles. The molecule has 82 valence electrons. The fraction of sp³-hybridized carbons (Fsp3) is 0.800. The average molecular weight is 198 g/mol. The summed E-state index contributed by atoms with van der Waals surface area (Å²) in [6.07, 6.45) is 2.36. The van der Waals surface area contributed by atoms with Crippen LogP contribution in [0.15, 0.2) is 4.99 Å². The molecule has 0 heterocycles. The Hall–Kier alpha value is -0.900. The minimum atomic E-state index is 0.300. The molecule has 0 aliphatic rings. The van der Waals surface area contributed by atoms with E-state index < -0.39 is 0 Å². The van der Waals surface area contributed by atoms with E-state index in [2.05, 4.69) is 24.2 Å². The van der Waals surface area contributed by atoms with E-state index in [1.54, 1.807) is 6.92 Å². The van der Waals surface area contributed by atoms with Gasteiger partial charge in [-0.25, -0.2) is 4.99 Å². The van der Waals surface area contributed by atoms with Gasteiger partial charge in [-0.2, -0.15) is 0 Å². The van der Waals surface area contributed by atoms with Crippen LogP contribution >= 0.6 is 0 Å². The number of amidine groups is 2. The van der Waals surface area contributed by atoms with Crippen LogP contribution in [-0.4, -0.2) is 24.8 Å². The predicted octanol–water partition coefficient (Wildman–Crippen LogP) is 1.37. The highest BCUT2D eigenvalue weighted by Gasteiger charge is 1.98. The van der Waals surface area contributed by atoms with Crippen LogP contribution in [0.4, 0.5) is 0 Å². The fourth-order valence-corrected chi connectivity index (χ4v) is 1.01. The average Bonchev–Trinajstić information content (AvgIpc) is 2.10. The second-order valence-corrected chi connectivity index (χ2v) is 3.68. The molecule has 0 bridgehead atoms. The Kier molecular flexibility index (Phi) is 7.02. The number of rotatable bonds is 6. The molecule has 0 rings (SSSR count). The van der Waals surface area contributed by atoms with Crippen LogP contribution < -0.4 is 11.1 Å². The van der Waals surface area contributed by atoms with Gasteiger partial charge < -0.3 is 11.1 Å². The summed E-state index contributed by atoms with van der Waals surface area (Å²) in [5.41, 5.74) is 5.35. The molecule has 0 aliphatic carbocycles. The molecule has 4 nitrogen and oxygen atoms in total. The summed E-state index contributed by atoms with van der Waals surface area (Å²) >= 11 is 0. The van der Waals surface area contributed by atoms with Crippen LogP contribution in [-0.2, 0) is 0 Å². The lowest BCUT2D eigenvalue weighted by Gasteiger charge is -2.08. The normalized spacial score (nSPS) is 14.1. The van der Waals surface area contributed by atoms with E-state index in [4.69, 9.17) is 11.1 Å². The summed E-state index contributed by atoms with van der Waals surface area (Å²) in [5.74, 6) is 1.49. The van der Waals surface area contributed by atoms with Gasteiger partial charge in [0.15, 0.2) is 0 Å². The highest BCUT2D eigenvalue weighted by Crippen LogP contribution is 2.03. The highest BCUT2D eigenvalue weighted by molar-refractivity contribution is 5.94. The molecule has 4 heteroatoms. The maximum absolute atomic E-state index is 7.42. The Balaban J connectivity index is 3.46. The second-order valence-electron chi connectivity index (χ2n) is 3.68. The quantitative estimate of drug-likeness (QED) is 0.342. The Morgan fingerprint density at radius 1 is 1.57 bits per heavy atom. The number of nitrogens with one attached hydrogen (secondary N) is 2. The molecule has 0 aliphatic heterocycles. The lowest BCUT2D eigenvalue weighted by molar-refractivity contribution is 0.498. The number of nitrogens with zero attached hydrogens (tertiary/aromatic N) is 1. The second kappa shape index (κ2) is 7.50. The van der Waals surface area contributed by atoms with E-state index in [0.29, 0.717) is 18.2 Å². The summed E-state index contributed by atoms with van der Waals surface area (Å²) in [7, 11) is 0. The van der Waals surface area contributed by atoms with Gasteiger partial charge in [-0.15, -0.1) is 0 Å². The molecule has 0 spiro atoms. The van der Waals surface area contributed by atoms with E-state index >= 15 is 0 Å². The first kappa shape index (κ1) is 13.1. The fourth-order valence-electron chi connectivity index (χ4n) is 1.01. The molecule has 0 aromatic heterocycles. The van der Waals surface area contributed by atoms with Crippen molar-refractivity contribution in [2.75, 3.05) is 13.1 Å². The highest BCUT2D eigenvalue weighted by atomic mass is 15.0. The molecule has 0 aromatic rings. The van der Waals surface area contributed by atoms with Crippen molar-refractivity contribution in [2.45, 2.75) is 33.6 Å². The van der Waals surface area contributed by atoms with Crippen molar-refractivity contribution in [3.8, 4) is 0 Å². The van der Waals surface area contributed by atoms with Gasteiger partial charge in [0.2, 0.25) is 0 Å². The van der Waals surface area contributed by atoms with Gasteiger partial charge in [0, 0.05) is 0 Å². The molecule has 1 unspecified atom stereocenters. The Morgan fingerprint density at radius 2 is 2.21 bits per heavy atom. The monoisotopic (exact) mass is 198 g/mol. The minimum Gasteiger partial charge on any atom is -0.387 e. The van der Waals surface area contributed by atoms with Crippen LogP contribution in [0.1, 0.15) is 33.6 Å². The van der Waals surface area contributed by atoms with Crippen molar-refractivity contribution >= 4 is 11.7 Å². The Bertz CT molecular complexity index is 194. The third kappa shape index (κ3) is 7.73. The lowest BCUT2D eigenvalue weighted by Crippen LogP contribution is -2.24. The zero-order valence-electron chi connectivity index (χ0n) is 9.43. The van der Waals surface area contributed by atoms with Crippen LogP contribution in [0, 0.1) is 11.3 Å². The molecule has 0 fully saturated rings. The smallest absolute Gasteiger partial charge is 0.136 e. The van der Waals surface area contributed by atoms with Crippen LogP contribution in [0.2, 0.25) is 0 Å². The minimum absolute atomic E-state index is 0.300. The molecule has 0 saturated heterocycles. The van der Waals surface area contributed by atoms with Crippen molar-refractivity contribution in [1.82, 2.24) is 5.32 Å². The molecule has 0 aromatic carbocycles. The molecular weight excluding hydrogens is 176 g/mol. The Labute approximate surface area is 86.5 Å². The number of nitrogens with two attached hydrogens (primary N) is 1. The van der Waals surface area contributed by atoms with E-state index in [1.807, 2.05) is 0 Å². The third-order valence-corrected chi connectivity index (χ3v) is 2.11. The summed E-state index contributed by atoms with van der Waals surface area (Å²) in [6, 6.07) is 0. The maximum atomic E-state index is 7.42. The van der Waals surface area contributed by atoms with Crippen LogP contribution in [0.25, 0.3) is 0 Å². The van der Waals surface area contributed by atoms with E-state index in [0.717, 1.165) is 18.9 Å². The van der Waals surface area contributed by atoms with E-state index in [1.165, 1.54) is 6.42 Å². The van der Waals surface area contributed by atoms with Crippen LogP contribution in [0.3, 0.4) is 0 Å². The van der Waals surface area contributed by atoms with Crippen LogP contribution in [0.5, 0.6) is 0 Å². The topological polar surface area (TPSA) is 74.3 Å². The zero-order valence-corrected chi connectivity index (χ0v) is 9.43. The third-order valence-electron chi connectivity index (χ3n) is 2.11. The first-order chi connectivity index (χ1) is 6.56. The van der Waals surface area contributed by atoms with Gasteiger partial charge in [-0.05, 0) is 25.8 Å². The number of hydrogen-bond acceptors (Lipinski definition) is 2. The maximum Gasteiger partial charge on any atom is 0.136 e. The predicted molar refractivity (Wildman–Crippen MR) is 62.0 cm³/mol. The molecule has 0 amide bonds. The van der Waals surface area contributed by atoms with Gasteiger partial charge in [0.1, 0.15) is 5.84 Å². The molecule has 4 N–H and O–H groups in total. The van der Waals surface area contributed by atoms with Crippen molar-refractivity contribution < 1.29 is 0 Å². The van der Waals surface area contributed by atoms with Crippen molar-refractivity contribution in [2.24, 2.45) is 16.6 Å². The standard InChI is InChI=1S/C10H22N4/c1-4-8(2)5-6-13-7-10(12)14-9(3)11/h8,13H,4-7H2,1-3H3,(H3,11,12,14). The SMILES string of the molecule is CCC(C)CCNCC(=N)N=C(C)N. The van der Waals surface area contributed by atoms with Gasteiger partial charge in [-0.3, -0.25) is 5.41 Å². The largest absolute Gasteiger partial charge is 0.387 e. The zero-order chi connectivity index (χ0) is 11.0. The van der Waals surface area contributed by atoms with Gasteiger partial charge >= 0.3 is 0 Å². The molecule has 14 heavy (non-hydrogen) atoms. The summed E-state index contributed by atoms with van der Waals surface area (Å²) < 4.78 is 0. The molecule has 1 atom stereocenters. The first-order valence-electron chi connectivity index (χ1n) is 5.15. The summed E-state index contributed by atoms with van der Waals surface area (Å²) in [6.45, 7) is 7.55. The van der Waals surface area contributed by atoms with E-state index in [-0.39, 0.29) is 0 Å². The van der Waals surface area contributed by atoms with Gasteiger partial charge in [0.05, 0.1) is 12.4 Å². The number of aliphatic imine (C=N–C) groups is 1. The Morgan fingerprint density at radius 3 is 2.71 bits per heavy atom. The van der Waals surface area contributed by atoms with Crippen molar-refractivity contribution in [3.05, 3.63) is 0 Å². The van der Waals surface area contributed by atoms with Gasteiger partial charge in [-0.1, -0.05) is 20.3 Å². The number of hydrogen-bond donors (Lipinski definition) is 3. The molecule has 0 radical (unpaired) electrons. The van der Waals surface area contributed by atoms with Gasteiger partial charge in [0.25, 0.3) is 0 Å². The van der Waals surface area contributed by atoms with Crippen molar-refractivity contribution in [1.29, 1.82) is 5.41 Å². The van der Waals surface area contributed by atoms with E-state index in [9.17, 15) is 0 Å². The summed E-state index contributed by atoms with van der Waals surface area (Å²) in [5, 5.41) is 10.6. The van der Waals surface area contributed by atoms with Crippen molar-refractivity contribution in [3.63, 3.8) is 0 Å². The summed E-state index contributed by atoms with van der Waals surface area (Å²) in [4.78, 5) is 3.83. The molecular formula is C10H22N4. The first-order valence-corrected chi connectivity index (χ1v) is 5.15.